The zero-order valence-corrected chi connectivity index (χ0v) is 16.1. The third-order valence-corrected chi connectivity index (χ3v) is 4.53. The topological polar surface area (TPSA) is 50.8 Å². The Kier molecular flexibility index (Phi) is 8.00. The quantitative estimate of drug-likeness (QED) is 0.766. The van der Waals surface area contributed by atoms with E-state index in [0.717, 1.165) is 32.7 Å². The summed E-state index contributed by atoms with van der Waals surface area (Å²) in [6.45, 7) is 10.2. The molecule has 0 aromatic heterocycles. The van der Waals surface area contributed by atoms with Crippen molar-refractivity contribution in [2.24, 2.45) is 5.92 Å². The number of amides is 1. The summed E-state index contributed by atoms with van der Waals surface area (Å²) in [5.74, 6) is 1.06. The van der Waals surface area contributed by atoms with E-state index in [9.17, 15) is 4.79 Å². The van der Waals surface area contributed by atoms with E-state index in [1.807, 2.05) is 0 Å². The number of carbonyl (C=O) groups is 1. The minimum Gasteiger partial charge on any atom is -0.481 e. The van der Waals surface area contributed by atoms with Crippen molar-refractivity contribution in [2.45, 2.75) is 39.3 Å². The van der Waals surface area contributed by atoms with Crippen molar-refractivity contribution in [2.75, 3.05) is 32.8 Å². The van der Waals surface area contributed by atoms with Gasteiger partial charge >= 0.3 is 0 Å². The number of nitrogens with one attached hydrogen (secondary N) is 1. The maximum Gasteiger partial charge on any atom is 0.260 e. The highest BCUT2D eigenvalue weighted by molar-refractivity contribution is 6.30. The minimum absolute atomic E-state index is 0.109. The molecule has 0 aliphatic carbocycles. The van der Waals surface area contributed by atoms with Gasteiger partial charge in [0.1, 0.15) is 5.75 Å². The second-order valence-corrected chi connectivity index (χ2v) is 7.33. The molecule has 1 aromatic rings. The number of rotatable bonds is 8. The van der Waals surface area contributed by atoms with E-state index in [2.05, 4.69) is 24.1 Å². The maximum atomic E-state index is 12.4. The molecule has 1 heterocycles. The summed E-state index contributed by atoms with van der Waals surface area (Å²) in [4.78, 5) is 14.8. The van der Waals surface area contributed by atoms with Crippen LogP contribution in [0.25, 0.3) is 0 Å². The first kappa shape index (κ1) is 20.0. The van der Waals surface area contributed by atoms with Gasteiger partial charge in [-0.3, -0.25) is 9.69 Å². The Bertz CT molecular complexity index is 547. The second kappa shape index (κ2) is 10.00. The lowest BCUT2D eigenvalue weighted by atomic mass is 10.0. The molecule has 2 atom stereocenters. The number of carbonyl (C=O) groups excluding carboxylic acids is 1. The number of nitrogens with zero attached hydrogens (tertiary/aromatic N) is 1. The molecule has 1 saturated heterocycles. The van der Waals surface area contributed by atoms with E-state index in [4.69, 9.17) is 21.1 Å². The molecule has 1 fully saturated rings. The van der Waals surface area contributed by atoms with Gasteiger partial charge in [0.05, 0.1) is 13.2 Å². The Morgan fingerprint density at radius 3 is 2.68 bits per heavy atom. The maximum absolute atomic E-state index is 12.4. The molecular weight excluding hydrogens is 340 g/mol. The van der Waals surface area contributed by atoms with E-state index in [1.54, 1.807) is 31.2 Å². The normalized spacial score (nSPS) is 18.0. The van der Waals surface area contributed by atoms with Gasteiger partial charge in [-0.2, -0.15) is 0 Å². The zero-order valence-electron chi connectivity index (χ0n) is 15.3. The predicted octanol–water partition coefficient (Wildman–Crippen LogP) is 2.97. The van der Waals surface area contributed by atoms with Crippen molar-refractivity contribution >= 4 is 17.5 Å². The molecule has 5 nitrogen and oxygen atoms in total. The fraction of sp³-hybridized carbons (Fsp3) is 0.632. The van der Waals surface area contributed by atoms with Crippen LogP contribution in [0.15, 0.2) is 24.3 Å². The summed E-state index contributed by atoms with van der Waals surface area (Å²) in [5, 5.41) is 3.63. The smallest absolute Gasteiger partial charge is 0.260 e. The highest BCUT2D eigenvalue weighted by Crippen LogP contribution is 2.18. The molecule has 0 bridgehead atoms. The lowest BCUT2D eigenvalue weighted by molar-refractivity contribution is -0.127. The van der Waals surface area contributed by atoms with Crippen LogP contribution in [0.2, 0.25) is 5.02 Å². The summed E-state index contributed by atoms with van der Waals surface area (Å²) in [7, 11) is 0. The van der Waals surface area contributed by atoms with Crippen molar-refractivity contribution in [3.05, 3.63) is 29.3 Å². The molecule has 1 amide bonds. The molecule has 2 rings (SSSR count). The Labute approximate surface area is 155 Å². The van der Waals surface area contributed by atoms with Gasteiger partial charge in [0, 0.05) is 30.7 Å². The fourth-order valence-corrected chi connectivity index (χ4v) is 3.19. The lowest BCUT2D eigenvalue weighted by Crippen LogP contribution is -2.50. The van der Waals surface area contributed by atoms with Crippen molar-refractivity contribution < 1.29 is 14.3 Å². The molecule has 6 heteroatoms. The number of halogens is 1. The van der Waals surface area contributed by atoms with Gasteiger partial charge in [-0.1, -0.05) is 31.5 Å². The summed E-state index contributed by atoms with van der Waals surface area (Å²) in [6.07, 6.45) is 0.479. The van der Waals surface area contributed by atoms with Gasteiger partial charge in [0.25, 0.3) is 5.91 Å². The third-order valence-electron chi connectivity index (χ3n) is 4.30. The number of hydrogen-bond donors (Lipinski definition) is 1. The first-order valence-electron chi connectivity index (χ1n) is 8.97. The van der Waals surface area contributed by atoms with Crippen LogP contribution in [-0.2, 0) is 9.53 Å². The first-order chi connectivity index (χ1) is 12.0. The lowest BCUT2D eigenvalue weighted by Gasteiger charge is -2.35. The molecule has 0 radical (unpaired) electrons. The van der Waals surface area contributed by atoms with Gasteiger partial charge in [0.2, 0.25) is 0 Å². The van der Waals surface area contributed by atoms with E-state index in [-0.39, 0.29) is 5.91 Å². The van der Waals surface area contributed by atoms with Crippen LogP contribution in [0.3, 0.4) is 0 Å². The van der Waals surface area contributed by atoms with Gasteiger partial charge in [-0.25, -0.2) is 0 Å². The second-order valence-electron chi connectivity index (χ2n) is 6.89. The molecule has 1 aliphatic rings. The monoisotopic (exact) mass is 368 g/mol. The Morgan fingerprint density at radius 2 is 2.04 bits per heavy atom. The average Bonchev–Trinajstić information content (AvgIpc) is 2.58. The summed E-state index contributed by atoms with van der Waals surface area (Å²) in [5.41, 5.74) is 0. The largest absolute Gasteiger partial charge is 0.481 e. The number of morpholine rings is 1. The van der Waals surface area contributed by atoms with Gasteiger partial charge < -0.3 is 14.8 Å². The summed E-state index contributed by atoms with van der Waals surface area (Å²) in [6, 6.07) is 7.41. The van der Waals surface area contributed by atoms with Gasteiger partial charge in [-0.15, -0.1) is 0 Å². The SMILES string of the molecule is CC(C)CC(CNC(=O)C(C)Oc1cccc(Cl)c1)N1CCOCC1. The van der Waals surface area contributed by atoms with Gasteiger partial charge in [0.15, 0.2) is 6.10 Å². The van der Waals surface area contributed by atoms with E-state index in [1.165, 1.54) is 0 Å². The van der Waals surface area contributed by atoms with Crippen LogP contribution in [-0.4, -0.2) is 55.8 Å². The van der Waals surface area contributed by atoms with Crippen LogP contribution < -0.4 is 10.1 Å². The van der Waals surface area contributed by atoms with Crippen LogP contribution in [0, 0.1) is 5.92 Å². The Hall–Kier alpha value is -1.30. The molecule has 25 heavy (non-hydrogen) atoms. The highest BCUT2D eigenvalue weighted by Gasteiger charge is 2.23. The number of hydrogen-bond acceptors (Lipinski definition) is 4. The molecule has 140 valence electrons. The van der Waals surface area contributed by atoms with Crippen molar-refractivity contribution in [3.8, 4) is 5.75 Å². The van der Waals surface area contributed by atoms with E-state index < -0.39 is 6.10 Å². The Morgan fingerprint density at radius 1 is 1.32 bits per heavy atom. The summed E-state index contributed by atoms with van der Waals surface area (Å²) < 4.78 is 11.1. The summed E-state index contributed by atoms with van der Waals surface area (Å²) >= 11 is 5.95. The van der Waals surface area contributed by atoms with Crippen LogP contribution >= 0.6 is 11.6 Å². The highest BCUT2D eigenvalue weighted by atomic mass is 35.5. The van der Waals surface area contributed by atoms with Gasteiger partial charge in [-0.05, 0) is 37.5 Å². The van der Waals surface area contributed by atoms with Crippen molar-refractivity contribution in [1.82, 2.24) is 10.2 Å². The molecule has 0 saturated carbocycles. The predicted molar refractivity (Wildman–Crippen MR) is 100 cm³/mol. The first-order valence-corrected chi connectivity index (χ1v) is 9.35. The standard InChI is InChI=1S/C19H29ClN2O3/c1-14(2)11-17(22-7-9-24-10-8-22)13-21-19(23)15(3)25-18-6-4-5-16(20)12-18/h4-6,12,14-15,17H,7-11,13H2,1-3H3,(H,21,23). The number of benzene rings is 1. The molecule has 1 aromatic carbocycles. The third kappa shape index (κ3) is 6.84. The van der Waals surface area contributed by atoms with Crippen molar-refractivity contribution in [3.63, 3.8) is 0 Å². The molecule has 1 N–H and O–H groups in total. The molecule has 0 spiro atoms. The van der Waals surface area contributed by atoms with E-state index >= 15 is 0 Å². The molecule has 1 aliphatic heterocycles. The van der Waals surface area contributed by atoms with Crippen LogP contribution in [0.1, 0.15) is 27.2 Å². The Balaban J connectivity index is 1.86. The van der Waals surface area contributed by atoms with Crippen LogP contribution in [0.5, 0.6) is 5.75 Å². The molecular formula is C19H29ClN2O3. The van der Waals surface area contributed by atoms with Crippen molar-refractivity contribution in [1.29, 1.82) is 0 Å². The zero-order chi connectivity index (χ0) is 18.2. The van der Waals surface area contributed by atoms with Crippen LogP contribution in [0.4, 0.5) is 0 Å². The number of ether oxygens (including phenoxy) is 2. The average molecular weight is 369 g/mol. The van der Waals surface area contributed by atoms with E-state index in [0.29, 0.717) is 29.3 Å². The minimum atomic E-state index is -0.567. The fourth-order valence-electron chi connectivity index (χ4n) is 3.01. The molecule has 2 unspecified atom stereocenters.